The number of amides is 1. The maximum atomic E-state index is 13.0. The molecule has 0 unspecified atom stereocenters. The first-order valence-corrected chi connectivity index (χ1v) is 10.5. The van der Waals surface area contributed by atoms with E-state index in [0.717, 1.165) is 37.1 Å². The molecule has 30 heavy (non-hydrogen) atoms. The van der Waals surface area contributed by atoms with Crippen molar-refractivity contribution in [1.82, 2.24) is 10.2 Å². The Morgan fingerprint density at radius 2 is 1.83 bits per heavy atom. The van der Waals surface area contributed by atoms with Crippen molar-refractivity contribution in [3.63, 3.8) is 0 Å². The van der Waals surface area contributed by atoms with Crippen LogP contribution in [0.5, 0.6) is 5.75 Å². The number of methoxy groups -OCH3 is 1. The van der Waals surface area contributed by atoms with E-state index in [1.165, 1.54) is 7.11 Å². The number of carbonyl (C=O) groups excluding carboxylic acids is 2. The zero-order valence-electron chi connectivity index (χ0n) is 17.3. The summed E-state index contributed by atoms with van der Waals surface area (Å²) in [6.07, 6.45) is 3.37. The van der Waals surface area contributed by atoms with E-state index in [0.29, 0.717) is 30.7 Å². The topological polar surface area (TPSA) is 67.9 Å². The molecular formula is C24H28N2O4. The molecular weight excluding hydrogens is 380 g/mol. The van der Waals surface area contributed by atoms with Crippen molar-refractivity contribution in [3.8, 4) is 5.75 Å². The average molecular weight is 408 g/mol. The number of piperidine rings is 1. The van der Waals surface area contributed by atoms with Crippen LogP contribution in [0, 0.1) is 5.92 Å². The molecule has 1 aliphatic heterocycles. The van der Waals surface area contributed by atoms with Crippen molar-refractivity contribution in [2.24, 2.45) is 5.92 Å². The quantitative estimate of drug-likeness (QED) is 0.680. The molecule has 4 rings (SSSR count). The molecule has 1 amide bonds. The minimum absolute atomic E-state index is 0.0824. The number of rotatable bonds is 8. The Morgan fingerprint density at radius 1 is 1.07 bits per heavy atom. The van der Waals surface area contributed by atoms with Gasteiger partial charge in [-0.3, -0.25) is 9.69 Å². The lowest BCUT2D eigenvalue weighted by atomic mass is 9.97. The second-order valence-corrected chi connectivity index (χ2v) is 7.98. The van der Waals surface area contributed by atoms with Gasteiger partial charge < -0.3 is 14.8 Å². The molecule has 2 aliphatic rings. The molecule has 2 fully saturated rings. The summed E-state index contributed by atoms with van der Waals surface area (Å²) in [5.74, 6) is 1.01. The third-order valence-electron chi connectivity index (χ3n) is 6.19. The number of esters is 1. The molecule has 2 bridgehead atoms. The number of fused-ring (bicyclic) bond motifs is 2. The lowest BCUT2D eigenvalue weighted by Crippen LogP contribution is -2.51. The van der Waals surface area contributed by atoms with Crippen molar-refractivity contribution >= 4 is 11.9 Å². The van der Waals surface area contributed by atoms with Crippen LogP contribution in [-0.2, 0) is 16.1 Å². The number of ether oxygens (including phenoxy) is 2. The highest BCUT2D eigenvalue weighted by atomic mass is 16.5. The van der Waals surface area contributed by atoms with Gasteiger partial charge in [0.15, 0.2) is 0 Å². The van der Waals surface area contributed by atoms with E-state index in [9.17, 15) is 9.59 Å². The van der Waals surface area contributed by atoms with Gasteiger partial charge in [-0.05, 0) is 55.0 Å². The Balaban J connectivity index is 1.32. The third kappa shape index (κ3) is 4.49. The van der Waals surface area contributed by atoms with Crippen LogP contribution in [0.25, 0.3) is 0 Å². The van der Waals surface area contributed by atoms with Gasteiger partial charge in [-0.1, -0.05) is 30.3 Å². The van der Waals surface area contributed by atoms with Crippen molar-refractivity contribution < 1.29 is 19.1 Å². The molecule has 0 spiro atoms. The highest BCUT2D eigenvalue weighted by molar-refractivity contribution is 5.89. The van der Waals surface area contributed by atoms with E-state index in [2.05, 4.69) is 10.2 Å². The fourth-order valence-corrected chi connectivity index (χ4v) is 4.72. The van der Waals surface area contributed by atoms with Crippen LogP contribution in [0.15, 0.2) is 54.6 Å². The maximum Gasteiger partial charge on any atom is 0.337 e. The van der Waals surface area contributed by atoms with Crippen molar-refractivity contribution in [2.75, 3.05) is 20.3 Å². The van der Waals surface area contributed by atoms with Gasteiger partial charge in [0.2, 0.25) is 5.91 Å². The van der Waals surface area contributed by atoms with Crippen LogP contribution in [0.2, 0.25) is 0 Å². The SMILES string of the molecule is COC(=O)c1ccc(CNC(=O)[C@H]2[C@@H]3CC[C@@H](C3)N2CCOc2ccccc2)cc1. The van der Waals surface area contributed by atoms with Crippen LogP contribution in [0.3, 0.4) is 0 Å². The summed E-state index contributed by atoms with van der Waals surface area (Å²) in [6, 6.07) is 17.3. The molecule has 1 saturated carbocycles. The molecule has 1 N–H and O–H groups in total. The molecule has 1 saturated heterocycles. The van der Waals surface area contributed by atoms with Gasteiger partial charge in [0.05, 0.1) is 18.7 Å². The lowest BCUT2D eigenvalue weighted by Gasteiger charge is -2.34. The molecule has 6 heteroatoms. The Morgan fingerprint density at radius 3 is 2.57 bits per heavy atom. The van der Waals surface area contributed by atoms with Gasteiger partial charge in [0.25, 0.3) is 0 Å². The number of para-hydroxylation sites is 1. The fraction of sp³-hybridized carbons (Fsp3) is 0.417. The summed E-state index contributed by atoms with van der Waals surface area (Å²) >= 11 is 0. The van der Waals surface area contributed by atoms with Crippen molar-refractivity contribution in [3.05, 3.63) is 65.7 Å². The number of nitrogens with zero attached hydrogens (tertiary/aromatic N) is 1. The zero-order valence-corrected chi connectivity index (χ0v) is 17.3. The van der Waals surface area contributed by atoms with Gasteiger partial charge in [-0.2, -0.15) is 0 Å². The van der Waals surface area contributed by atoms with Gasteiger partial charge in [0, 0.05) is 19.1 Å². The first kappa shape index (κ1) is 20.4. The first-order valence-electron chi connectivity index (χ1n) is 10.5. The van der Waals surface area contributed by atoms with E-state index in [-0.39, 0.29) is 17.9 Å². The van der Waals surface area contributed by atoms with E-state index < -0.39 is 0 Å². The normalized spacial score (nSPS) is 22.6. The zero-order chi connectivity index (χ0) is 20.9. The number of carbonyl (C=O) groups is 2. The van der Waals surface area contributed by atoms with Gasteiger partial charge in [-0.15, -0.1) is 0 Å². The summed E-state index contributed by atoms with van der Waals surface area (Å²) in [4.78, 5) is 26.9. The summed E-state index contributed by atoms with van der Waals surface area (Å²) in [5, 5.41) is 3.09. The number of benzene rings is 2. The highest BCUT2D eigenvalue weighted by Gasteiger charge is 2.48. The van der Waals surface area contributed by atoms with E-state index in [4.69, 9.17) is 9.47 Å². The summed E-state index contributed by atoms with van der Waals surface area (Å²) < 4.78 is 10.6. The molecule has 0 radical (unpaired) electrons. The van der Waals surface area contributed by atoms with Crippen molar-refractivity contribution in [1.29, 1.82) is 0 Å². The van der Waals surface area contributed by atoms with E-state index in [1.54, 1.807) is 12.1 Å². The molecule has 1 aliphatic carbocycles. The third-order valence-corrected chi connectivity index (χ3v) is 6.19. The summed E-state index contributed by atoms with van der Waals surface area (Å²) in [6.45, 7) is 1.77. The monoisotopic (exact) mass is 408 g/mol. The van der Waals surface area contributed by atoms with E-state index in [1.807, 2.05) is 42.5 Å². The van der Waals surface area contributed by atoms with Gasteiger partial charge in [-0.25, -0.2) is 4.79 Å². The van der Waals surface area contributed by atoms with Crippen LogP contribution in [0.4, 0.5) is 0 Å². The molecule has 2 aromatic rings. The molecule has 6 nitrogen and oxygen atoms in total. The lowest BCUT2D eigenvalue weighted by molar-refractivity contribution is -0.128. The molecule has 0 aromatic heterocycles. The second-order valence-electron chi connectivity index (χ2n) is 7.98. The summed E-state index contributed by atoms with van der Waals surface area (Å²) in [5.41, 5.74) is 1.46. The first-order chi connectivity index (χ1) is 14.7. The molecule has 158 valence electrons. The largest absolute Gasteiger partial charge is 0.492 e. The number of nitrogens with one attached hydrogen (secondary N) is 1. The van der Waals surface area contributed by atoms with Crippen LogP contribution in [0.1, 0.15) is 35.2 Å². The van der Waals surface area contributed by atoms with Crippen LogP contribution in [-0.4, -0.2) is 49.1 Å². The maximum absolute atomic E-state index is 13.0. The smallest absolute Gasteiger partial charge is 0.337 e. The minimum atomic E-state index is -0.360. The Hall–Kier alpha value is -2.86. The average Bonchev–Trinajstić information content (AvgIpc) is 3.40. The van der Waals surface area contributed by atoms with Gasteiger partial charge >= 0.3 is 5.97 Å². The highest BCUT2D eigenvalue weighted by Crippen LogP contribution is 2.42. The van der Waals surface area contributed by atoms with Gasteiger partial charge in [0.1, 0.15) is 12.4 Å². The Labute approximate surface area is 177 Å². The molecule has 3 atom stereocenters. The predicted molar refractivity (Wildman–Crippen MR) is 113 cm³/mol. The fourth-order valence-electron chi connectivity index (χ4n) is 4.72. The predicted octanol–water partition coefficient (Wildman–Crippen LogP) is 3.02. The number of likely N-dealkylation sites (tertiary alicyclic amines) is 1. The number of hydrogen-bond donors (Lipinski definition) is 1. The Kier molecular flexibility index (Phi) is 6.33. The second kappa shape index (κ2) is 9.30. The van der Waals surface area contributed by atoms with E-state index >= 15 is 0 Å². The number of hydrogen-bond acceptors (Lipinski definition) is 5. The Bertz CT molecular complexity index is 869. The minimum Gasteiger partial charge on any atom is -0.492 e. The summed E-state index contributed by atoms with van der Waals surface area (Å²) in [7, 11) is 1.36. The standard InChI is InChI=1S/C24H28N2O4/c1-29-24(28)18-9-7-17(8-10-18)16-25-23(27)22-19-11-12-20(15-19)26(22)13-14-30-21-5-3-2-4-6-21/h2-10,19-20,22H,11-16H2,1H3,(H,25,27)/t19-,20+,22-/m1/s1. The van der Waals surface area contributed by atoms with Crippen LogP contribution < -0.4 is 10.1 Å². The van der Waals surface area contributed by atoms with Crippen molar-refractivity contribution in [2.45, 2.75) is 37.9 Å². The van der Waals surface area contributed by atoms with Crippen LogP contribution >= 0.6 is 0 Å². The molecule has 1 heterocycles. The molecule has 2 aromatic carbocycles.